The van der Waals surface area contributed by atoms with E-state index in [0.717, 1.165) is 24.3 Å². The number of nitrogens with zero attached hydrogens (tertiary/aromatic N) is 1. The predicted octanol–water partition coefficient (Wildman–Crippen LogP) is 2.23. The molecule has 2 aromatic carbocycles. The third-order valence-corrected chi connectivity index (χ3v) is 3.14. The molecule has 0 saturated carbocycles. The molecule has 2 aromatic rings. The molecule has 0 aliphatic heterocycles. The first-order chi connectivity index (χ1) is 11.9. The van der Waals surface area contributed by atoms with Crippen molar-refractivity contribution in [2.45, 2.75) is 0 Å². The van der Waals surface area contributed by atoms with Gasteiger partial charge in [-0.3, -0.25) is 30.6 Å². The SMILES string of the molecule is O=C(COc1ccc(F)cc1)NNC(=O)c1ccc(Cl)cc1[N+](=O)[O-]. The molecular weight excluding hydrogens is 357 g/mol. The van der Waals surface area contributed by atoms with E-state index in [1.807, 2.05) is 5.43 Å². The van der Waals surface area contributed by atoms with Crippen LogP contribution >= 0.6 is 11.6 Å². The van der Waals surface area contributed by atoms with Gasteiger partial charge >= 0.3 is 0 Å². The summed E-state index contributed by atoms with van der Waals surface area (Å²) in [5.74, 6) is -1.79. The zero-order valence-corrected chi connectivity index (χ0v) is 13.2. The van der Waals surface area contributed by atoms with Crippen LogP contribution in [0.2, 0.25) is 5.02 Å². The molecule has 0 aliphatic carbocycles. The number of carbonyl (C=O) groups excluding carboxylic acids is 2. The molecule has 2 N–H and O–H groups in total. The number of hydrogen-bond donors (Lipinski definition) is 2. The highest BCUT2D eigenvalue weighted by molar-refractivity contribution is 6.31. The third-order valence-electron chi connectivity index (χ3n) is 2.90. The van der Waals surface area contributed by atoms with Gasteiger partial charge in [-0.1, -0.05) is 11.6 Å². The molecule has 8 nitrogen and oxygen atoms in total. The van der Waals surface area contributed by atoms with Crippen molar-refractivity contribution in [3.63, 3.8) is 0 Å². The Hall–Kier alpha value is -3.20. The van der Waals surface area contributed by atoms with Crippen molar-refractivity contribution >= 4 is 29.1 Å². The highest BCUT2D eigenvalue weighted by atomic mass is 35.5. The smallest absolute Gasteiger partial charge is 0.283 e. The maximum absolute atomic E-state index is 12.7. The van der Waals surface area contributed by atoms with Crippen molar-refractivity contribution in [3.8, 4) is 5.75 Å². The van der Waals surface area contributed by atoms with Gasteiger partial charge in [0.1, 0.15) is 17.1 Å². The van der Waals surface area contributed by atoms with Crippen LogP contribution in [0, 0.1) is 15.9 Å². The molecule has 0 aromatic heterocycles. The van der Waals surface area contributed by atoms with E-state index in [0.29, 0.717) is 0 Å². The first kappa shape index (κ1) is 18.1. The number of nitro benzene ring substituents is 1. The van der Waals surface area contributed by atoms with Crippen LogP contribution in [0.3, 0.4) is 0 Å². The summed E-state index contributed by atoms with van der Waals surface area (Å²) in [6.07, 6.45) is 0. The predicted molar refractivity (Wildman–Crippen MR) is 85.6 cm³/mol. The van der Waals surface area contributed by atoms with E-state index >= 15 is 0 Å². The van der Waals surface area contributed by atoms with Gasteiger partial charge in [0, 0.05) is 11.1 Å². The van der Waals surface area contributed by atoms with Crippen molar-refractivity contribution in [3.05, 3.63) is 69.0 Å². The fourth-order valence-corrected chi connectivity index (χ4v) is 1.92. The number of hydrogen-bond acceptors (Lipinski definition) is 5. The number of nitro groups is 1. The molecule has 25 heavy (non-hydrogen) atoms. The lowest BCUT2D eigenvalue weighted by atomic mass is 10.2. The van der Waals surface area contributed by atoms with E-state index in [4.69, 9.17) is 16.3 Å². The lowest BCUT2D eigenvalue weighted by Crippen LogP contribution is -2.44. The maximum Gasteiger partial charge on any atom is 0.283 e. The Morgan fingerprint density at radius 2 is 1.84 bits per heavy atom. The highest BCUT2D eigenvalue weighted by Crippen LogP contribution is 2.22. The van der Waals surface area contributed by atoms with Crippen LogP contribution in [-0.2, 0) is 4.79 Å². The summed E-state index contributed by atoms with van der Waals surface area (Å²) in [4.78, 5) is 33.7. The van der Waals surface area contributed by atoms with Gasteiger partial charge in [-0.2, -0.15) is 0 Å². The molecule has 0 heterocycles. The van der Waals surface area contributed by atoms with Crippen LogP contribution in [0.4, 0.5) is 10.1 Å². The Kier molecular flexibility index (Phi) is 5.85. The normalized spacial score (nSPS) is 10.0. The monoisotopic (exact) mass is 367 g/mol. The van der Waals surface area contributed by atoms with Gasteiger partial charge < -0.3 is 4.74 Å². The lowest BCUT2D eigenvalue weighted by Gasteiger charge is -2.09. The number of hydrazine groups is 1. The van der Waals surface area contributed by atoms with Crippen molar-refractivity contribution in [1.82, 2.24) is 10.9 Å². The summed E-state index contributed by atoms with van der Waals surface area (Å²) in [5, 5.41) is 11.0. The third kappa shape index (κ3) is 5.15. The summed E-state index contributed by atoms with van der Waals surface area (Å²) in [6, 6.07) is 8.48. The van der Waals surface area contributed by atoms with Crippen molar-refractivity contribution in [1.29, 1.82) is 0 Å². The fraction of sp³-hybridized carbons (Fsp3) is 0.0667. The second kappa shape index (κ2) is 8.06. The van der Waals surface area contributed by atoms with E-state index in [-0.39, 0.29) is 16.3 Å². The fourth-order valence-electron chi connectivity index (χ4n) is 1.76. The molecule has 0 unspecified atom stereocenters. The van der Waals surface area contributed by atoms with Crippen molar-refractivity contribution in [2.24, 2.45) is 0 Å². The van der Waals surface area contributed by atoms with Gasteiger partial charge in [0.15, 0.2) is 6.61 Å². The number of ether oxygens (including phenoxy) is 1. The number of nitrogens with one attached hydrogen (secondary N) is 2. The van der Waals surface area contributed by atoms with Crippen LogP contribution in [-0.4, -0.2) is 23.3 Å². The van der Waals surface area contributed by atoms with E-state index in [1.54, 1.807) is 0 Å². The summed E-state index contributed by atoms with van der Waals surface area (Å²) in [6.45, 7) is -0.450. The Morgan fingerprint density at radius 1 is 1.16 bits per heavy atom. The average Bonchev–Trinajstić information content (AvgIpc) is 2.59. The Bertz CT molecular complexity index is 813. The number of benzene rings is 2. The molecule has 0 bridgehead atoms. The quantitative estimate of drug-likeness (QED) is 0.622. The number of amides is 2. The second-order valence-electron chi connectivity index (χ2n) is 4.66. The molecule has 0 saturated heterocycles. The largest absolute Gasteiger partial charge is 0.484 e. The molecule has 0 atom stereocenters. The highest BCUT2D eigenvalue weighted by Gasteiger charge is 2.20. The van der Waals surface area contributed by atoms with Gasteiger partial charge in [0.05, 0.1) is 4.92 Å². The van der Waals surface area contributed by atoms with E-state index in [1.165, 1.54) is 18.2 Å². The van der Waals surface area contributed by atoms with E-state index in [9.17, 15) is 24.1 Å². The van der Waals surface area contributed by atoms with E-state index in [2.05, 4.69) is 5.43 Å². The standard InChI is InChI=1S/C15H11ClFN3O5/c16-9-1-6-12(13(7-9)20(23)24)15(22)19-18-14(21)8-25-11-4-2-10(17)3-5-11/h1-7H,8H2,(H,18,21)(H,19,22). The van der Waals surface area contributed by atoms with Gasteiger partial charge in [0.25, 0.3) is 17.5 Å². The van der Waals surface area contributed by atoms with Crippen LogP contribution in [0.1, 0.15) is 10.4 Å². The van der Waals surface area contributed by atoms with Crippen LogP contribution in [0.25, 0.3) is 0 Å². The van der Waals surface area contributed by atoms with Crippen molar-refractivity contribution < 1.29 is 23.6 Å². The summed E-state index contributed by atoms with van der Waals surface area (Å²) < 4.78 is 17.8. The summed E-state index contributed by atoms with van der Waals surface area (Å²) in [5.41, 5.74) is 3.32. The molecule has 0 radical (unpaired) electrons. The molecular formula is C15H11ClFN3O5. The second-order valence-corrected chi connectivity index (χ2v) is 5.10. The number of carbonyl (C=O) groups is 2. The molecule has 2 rings (SSSR count). The Labute approximate surface area is 145 Å². The number of rotatable bonds is 5. The lowest BCUT2D eigenvalue weighted by molar-refractivity contribution is -0.385. The Balaban J connectivity index is 1.90. The molecule has 0 spiro atoms. The first-order valence-electron chi connectivity index (χ1n) is 6.78. The molecule has 130 valence electrons. The van der Waals surface area contributed by atoms with Crippen LogP contribution < -0.4 is 15.6 Å². The zero-order chi connectivity index (χ0) is 18.4. The average molecular weight is 368 g/mol. The minimum absolute atomic E-state index is 0.0972. The molecule has 0 fully saturated rings. The zero-order valence-electron chi connectivity index (χ0n) is 12.5. The number of halogens is 2. The van der Waals surface area contributed by atoms with Gasteiger partial charge in [0.2, 0.25) is 0 Å². The minimum Gasteiger partial charge on any atom is -0.484 e. The molecule has 2 amide bonds. The van der Waals surface area contributed by atoms with E-state index < -0.39 is 34.8 Å². The van der Waals surface area contributed by atoms with Crippen LogP contribution in [0.5, 0.6) is 5.75 Å². The minimum atomic E-state index is -0.890. The topological polar surface area (TPSA) is 111 Å². The van der Waals surface area contributed by atoms with Gasteiger partial charge in [-0.25, -0.2) is 4.39 Å². The van der Waals surface area contributed by atoms with Crippen LogP contribution in [0.15, 0.2) is 42.5 Å². The van der Waals surface area contributed by atoms with Gasteiger partial charge in [-0.15, -0.1) is 0 Å². The summed E-state index contributed by atoms with van der Waals surface area (Å²) >= 11 is 5.66. The first-order valence-corrected chi connectivity index (χ1v) is 7.16. The maximum atomic E-state index is 12.7. The molecule has 0 aliphatic rings. The Morgan fingerprint density at radius 3 is 2.48 bits per heavy atom. The summed E-state index contributed by atoms with van der Waals surface area (Å²) in [7, 11) is 0. The molecule has 10 heteroatoms. The van der Waals surface area contributed by atoms with Gasteiger partial charge in [-0.05, 0) is 36.4 Å². The van der Waals surface area contributed by atoms with Crippen molar-refractivity contribution in [2.75, 3.05) is 6.61 Å².